The Balaban J connectivity index is 3.08. The second kappa shape index (κ2) is 2.85. The second-order valence-electron chi connectivity index (χ2n) is 2.75. The van der Waals surface area contributed by atoms with Crippen molar-refractivity contribution in [3.05, 3.63) is 11.3 Å². The lowest BCUT2D eigenvalue weighted by Gasteiger charge is -2.27. The number of rotatable bonds is 0. The van der Waals surface area contributed by atoms with Crippen LogP contribution in [-0.2, 0) is 4.79 Å². The number of ketones is 1. The van der Waals surface area contributed by atoms with Gasteiger partial charge in [0.2, 0.25) is 0 Å². The first-order valence-corrected chi connectivity index (χ1v) is 3.45. The summed E-state index contributed by atoms with van der Waals surface area (Å²) in [5, 5.41) is 36.1. The van der Waals surface area contributed by atoms with E-state index in [2.05, 4.69) is 0 Å². The normalized spacial score (nSPS) is 37.3. The van der Waals surface area contributed by atoms with Gasteiger partial charge in [0.25, 0.3) is 0 Å². The molecule has 68 valence electrons. The summed E-state index contributed by atoms with van der Waals surface area (Å²) in [5.74, 6) is -1.33. The standard InChI is InChI=1S/C7H10O5/c1-2-3(8)5(10)7(12)6(11)4(2)9/h5-8,10-12H,1H3/t5-,6+,7+/m0/s1. The summed E-state index contributed by atoms with van der Waals surface area (Å²) in [4.78, 5) is 11.0. The van der Waals surface area contributed by atoms with E-state index < -0.39 is 29.9 Å². The molecule has 0 fully saturated rings. The van der Waals surface area contributed by atoms with Crippen molar-refractivity contribution in [3.8, 4) is 0 Å². The van der Waals surface area contributed by atoms with Gasteiger partial charge in [-0.1, -0.05) is 0 Å². The fourth-order valence-electron chi connectivity index (χ4n) is 1.06. The van der Waals surface area contributed by atoms with Crippen LogP contribution in [0, 0.1) is 0 Å². The molecule has 0 aliphatic heterocycles. The molecule has 0 aromatic rings. The molecule has 4 N–H and O–H groups in total. The minimum Gasteiger partial charge on any atom is -0.509 e. The maximum Gasteiger partial charge on any atom is 0.193 e. The second-order valence-corrected chi connectivity index (χ2v) is 2.75. The average Bonchev–Trinajstić information content (AvgIpc) is 2.08. The van der Waals surface area contributed by atoms with Crippen molar-refractivity contribution >= 4 is 5.78 Å². The van der Waals surface area contributed by atoms with Crippen molar-refractivity contribution in [1.82, 2.24) is 0 Å². The lowest BCUT2D eigenvalue weighted by Crippen LogP contribution is -2.48. The molecule has 0 bridgehead atoms. The Bertz CT molecular complexity index is 244. The van der Waals surface area contributed by atoms with E-state index in [1.165, 1.54) is 6.92 Å². The predicted molar refractivity (Wildman–Crippen MR) is 38.4 cm³/mol. The summed E-state index contributed by atoms with van der Waals surface area (Å²) >= 11 is 0. The van der Waals surface area contributed by atoms with Crippen LogP contribution in [0.25, 0.3) is 0 Å². The molecule has 1 rings (SSSR count). The van der Waals surface area contributed by atoms with Crippen molar-refractivity contribution in [3.63, 3.8) is 0 Å². The minimum absolute atomic E-state index is 0.111. The maximum atomic E-state index is 11.0. The first kappa shape index (κ1) is 9.18. The Kier molecular flexibility index (Phi) is 2.18. The quantitative estimate of drug-likeness (QED) is 0.357. The van der Waals surface area contributed by atoms with Crippen LogP contribution in [0.3, 0.4) is 0 Å². The average molecular weight is 174 g/mol. The highest BCUT2D eigenvalue weighted by atomic mass is 16.4. The highest BCUT2D eigenvalue weighted by Crippen LogP contribution is 2.20. The van der Waals surface area contributed by atoms with Crippen LogP contribution in [0.4, 0.5) is 0 Å². The fraction of sp³-hybridized carbons (Fsp3) is 0.571. The van der Waals surface area contributed by atoms with E-state index in [1.54, 1.807) is 0 Å². The molecule has 1 aliphatic carbocycles. The third kappa shape index (κ3) is 1.12. The molecule has 5 nitrogen and oxygen atoms in total. The number of hydrogen-bond donors (Lipinski definition) is 4. The third-order valence-corrected chi connectivity index (χ3v) is 1.95. The van der Waals surface area contributed by atoms with E-state index >= 15 is 0 Å². The number of aliphatic hydroxyl groups excluding tert-OH is 4. The van der Waals surface area contributed by atoms with Crippen molar-refractivity contribution in [2.75, 3.05) is 0 Å². The van der Waals surface area contributed by atoms with Gasteiger partial charge in [-0.05, 0) is 6.92 Å². The van der Waals surface area contributed by atoms with Crippen molar-refractivity contribution < 1.29 is 25.2 Å². The van der Waals surface area contributed by atoms with Gasteiger partial charge in [-0.15, -0.1) is 0 Å². The number of carbonyl (C=O) groups excluding carboxylic acids is 1. The summed E-state index contributed by atoms with van der Waals surface area (Å²) in [6, 6.07) is 0. The molecular weight excluding hydrogens is 164 g/mol. The largest absolute Gasteiger partial charge is 0.509 e. The molecule has 0 saturated carbocycles. The molecule has 5 heteroatoms. The molecule has 3 atom stereocenters. The Hall–Kier alpha value is -0.910. The number of hydrogen-bond acceptors (Lipinski definition) is 5. The first-order chi connectivity index (χ1) is 5.46. The van der Waals surface area contributed by atoms with E-state index in [9.17, 15) is 4.79 Å². The number of aliphatic hydroxyl groups is 4. The highest BCUT2D eigenvalue weighted by molar-refractivity contribution is 6.00. The molecule has 0 saturated heterocycles. The zero-order valence-corrected chi connectivity index (χ0v) is 6.43. The lowest BCUT2D eigenvalue weighted by molar-refractivity contribution is -0.138. The monoisotopic (exact) mass is 174 g/mol. The highest BCUT2D eigenvalue weighted by Gasteiger charge is 2.39. The number of carbonyl (C=O) groups is 1. The SMILES string of the molecule is CC1=C(O)[C@H](O)[C@@H](O)[C@H](O)C1=O. The molecule has 0 aromatic carbocycles. The van der Waals surface area contributed by atoms with Gasteiger partial charge in [-0.2, -0.15) is 0 Å². The summed E-state index contributed by atoms with van der Waals surface area (Å²) < 4.78 is 0. The van der Waals surface area contributed by atoms with Gasteiger partial charge in [-0.3, -0.25) is 4.79 Å². The van der Waals surface area contributed by atoms with E-state index in [0.717, 1.165) is 0 Å². The van der Waals surface area contributed by atoms with Gasteiger partial charge in [0.15, 0.2) is 5.78 Å². The Morgan fingerprint density at radius 3 is 2.17 bits per heavy atom. The zero-order valence-electron chi connectivity index (χ0n) is 6.43. The van der Waals surface area contributed by atoms with Crippen LogP contribution in [0.15, 0.2) is 11.3 Å². The lowest BCUT2D eigenvalue weighted by atomic mass is 9.90. The summed E-state index contributed by atoms with van der Waals surface area (Å²) in [7, 11) is 0. The Labute approximate surface area is 68.6 Å². The molecular formula is C7H10O5. The van der Waals surface area contributed by atoms with E-state index in [4.69, 9.17) is 20.4 Å². The maximum absolute atomic E-state index is 11.0. The van der Waals surface area contributed by atoms with Gasteiger partial charge < -0.3 is 20.4 Å². The van der Waals surface area contributed by atoms with Gasteiger partial charge in [0.1, 0.15) is 24.1 Å². The Morgan fingerprint density at radius 1 is 1.17 bits per heavy atom. The van der Waals surface area contributed by atoms with E-state index in [1.807, 2.05) is 0 Å². The predicted octanol–water partition coefficient (Wildman–Crippen LogP) is -1.52. The Morgan fingerprint density at radius 2 is 1.67 bits per heavy atom. The van der Waals surface area contributed by atoms with Crippen LogP contribution in [0.5, 0.6) is 0 Å². The summed E-state index contributed by atoms with van der Waals surface area (Å²) in [6.45, 7) is 1.27. The van der Waals surface area contributed by atoms with Gasteiger partial charge in [-0.25, -0.2) is 0 Å². The smallest absolute Gasteiger partial charge is 0.193 e. The molecule has 0 unspecified atom stereocenters. The molecule has 0 amide bonds. The molecule has 0 radical (unpaired) electrons. The van der Waals surface area contributed by atoms with Crippen LogP contribution >= 0.6 is 0 Å². The zero-order chi connectivity index (χ0) is 9.46. The molecule has 0 spiro atoms. The van der Waals surface area contributed by atoms with Crippen LogP contribution in [0.2, 0.25) is 0 Å². The van der Waals surface area contributed by atoms with Gasteiger partial charge in [0.05, 0.1) is 0 Å². The minimum atomic E-state index is -1.64. The fourth-order valence-corrected chi connectivity index (χ4v) is 1.06. The van der Waals surface area contributed by atoms with Gasteiger partial charge >= 0.3 is 0 Å². The molecule has 1 aliphatic rings. The van der Waals surface area contributed by atoms with Crippen LogP contribution < -0.4 is 0 Å². The van der Waals surface area contributed by atoms with Gasteiger partial charge in [0, 0.05) is 5.57 Å². The summed E-state index contributed by atoms with van der Waals surface area (Å²) in [5.41, 5.74) is -0.111. The van der Waals surface area contributed by atoms with Crippen molar-refractivity contribution in [2.24, 2.45) is 0 Å². The summed E-state index contributed by atoms with van der Waals surface area (Å²) in [6.07, 6.45) is -4.85. The number of Topliss-reactive ketones (excluding diaryl/α,β-unsaturated/α-hetero) is 1. The van der Waals surface area contributed by atoms with E-state index in [0.29, 0.717) is 0 Å². The van der Waals surface area contributed by atoms with E-state index in [-0.39, 0.29) is 5.57 Å². The third-order valence-electron chi connectivity index (χ3n) is 1.95. The van der Waals surface area contributed by atoms with Crippen molar-refractivity contribution in [2.45, 2.75) is 25.2 Å². The molecule has 0 heterocycles. The molecule has 0 aromatic heterocycles. The van der Waals surface area contributed by atoms with Crippen LogP contribution in [-0.4, -0.2) is 44.5 Å². The molecule has 12 heavy (non-hydrogen) atoms. The topological polar surface area (TPSA) is 98.0 Å². The van der Waals surface area contributed by atoms with Crippen LogP contribution in [0.1, 0.15) is 6.92 Å². The first-order valence-electron chi connectivity index (χ1n) is 3.45. The van der Waals surface area contributed by atoms with Crippen molar-refractivity contribution in [1.29, 1.82) is 0 Å².